The summed E-state index contributed by atoms with van der Waals surface area (Å²) in [4.78, 5) is 20.3. The second-order valence-electron chi connectivity index (χ2n) is 5.81. The molecule has 0 atom stereocenters. The molecule has 2 N–H and O–H groups in total. The third kappa shape index (κ3) is 6.50. The van der Waals surface area contributed by atoms with Gasteiger partial charge in [0.1, 0.15) is 0 Å². The summed E-state index contributed by atoms with van der Waals surface area (Å²) in [6.07, 6.45) is 0.509. The fourth-order valence-corrected chi connectivity index (χ4v) is 3.34. The molecule has 28 heavy (non-hydrogen) atoms. The summed E-state index contributed by atoms with van der Waals surface area (Å²) < 4.78 is 23.2. The van der Waals surface area contributed by atoms with Crippen LogP contribution in [0.5, 0.6) is 0 Å². The van der Waals surface area contributed by atoms with E-state index in [1.54, 1.807) is 24.3 Å². The van der Waals surface area contributed by atoms with Crippen LogP contribution < -0.4 is 5.73 Å². The second kappa shape index (κ2) is 10.0. The Balaban J connectivity index is 1.79. The molecule has 10 nitrogen and oxygen atoms in total. The lowest BCUT2D eigenvalue weighted by atomic mass is 10.1. The van der Waals surface area contributed by atoms with E-state index in [-0.39, 0.29) is 30.9 Å². The largest absolute Gasteiger partial charge is 0.344 e. The Morgan fingerprint density at radius 3 is 1.43 bits per heavy atom. The second-order valence-corrected chi connectivity index (χ2v) is 7.91. The standard InChI is InChI=1S/C17H20N3O7P/c18-13-28(25,26-11-9-14-1-5-16(6-2-14)19(21)22)27-12-10-15-3-7-17(8-4-15)20(23)24/h1-8H,9-13,18H2. The third-order valence-electron chi connectivity index (χ3n) is 3.88. The molecule has 0 saturated carbocycles. The summed E-state index contributed by atoms with van der Waals surface area (Å²) in [7, 11) is -3.46. The zero-order valence-electron chi connectivity index (χ0n) is 14.9. The molecule has 0 bridgehead atoms. The van der Waals surface area contributed by atoms with Gasteiger partial charge in [0.15, 0.2) is 0 Å². The Bertz CT molecular complexity index is 789. The maximum Gasteiger partial charge on any atom is 0.344 e. The summed E-state index contributed by atoms with van der Waals surface area (Å²) in [5.74, 6) is 0. The molecule has 150 valence electrons. The summed E-state index contributed by atoms with van der Waals surface area (Å²) in [6.45, 7) is 0.174. The van der Waals surface area contributed by atoms with Gasteiger partial charge in [-0.25, -0.2) is 0 Å². The van der Waals surface area contributed by atoms with Gasteiger partial charge < -0.3 is 14.8 Å². The molecule has 11 heteroatoms. The zero-order valence-corrected chi connectivity index (χ0v) is 15.8. The molecule has 0 heterocycles. The number of benzene rings is 2. The van der Waals surface area contributed by atoms with Gasteiger partial charge in [0, 0.05) is 24.3 Å². The average molecular weight is 409 g/mol. The van der Waals surface area contributed by atoms with Gasteiger partial charge in [-0.2, -0.15) is 0 Å². The van der Waals surface area contributed by atoms with E-state index in [4.69, 9.17) is 14.8 Å². The molecule has 0 saturated heterocycles. The highest BCUT2D eigenvalue weighted by Crippen LogP contribution is 2.46. The first-order valence-electron chi connectivity index (χ1n) is 8.38. The van der Waals surface area contributed by atoms with Gasteiger partial charge in [-0.05, 0) is 24.0 Å². The molecule has 0 radical (unpaired) electrons. The number of hydrogen-bond donors (Lipinski definition) is 1. The topological polar surface area (TPSA) is 148 Å². The van der Waals surface area contributed by atoms with Crippen LogP contribution in [-0.4, -0.2) is 29.3 Å². The van der Waals surface area contributed by atoms with Crippen molar-refractivity contribution in [2.45, 2.75) is 12.8 Å². The highest BCUT2D eigenvalue weighted by atomic mass is 31.2. The molecule has 0 aliphatic carbocycles. The van der Waals surface area contributed by atoms with Crippen LogP contribution in [-0.2, 0) is 26.5 Å². The summed E-state index contributed by atoms with van der Waals surface area (Å²) >= 11 is 0. The SMILES string of the molecule is NCP(=O)(OCCc1ccc([N+](=O)[O-])cc1)OCCc1ccc([N+](=O)[O-])cc1. The van der Waals surface area contributed by atoms with Gasteiger partial charge in [-0.15, -0.1) is 0 Å². The number of non-ortho nitro benzene ring substituents is 2. The van der Waals surface area contributed by atoms with Crippen molar-refractivity contribution in [2.75, 3.05) is 19.5 Å². The molecule has 2 aromatic rings. The summed E-state index contributed by atoms with van der Waals surface area (Å²) in [5, 5.41) is 21.3. The average Bonchev–Trinajstić information content (AvgIpc) is 2.69. The van der Waals surface area contributed by atoms with Crippen molar-refractivity contribution < 1.29 is 23.5 Å². The molecule has 0 aliphatic heterocycles. The minimum atomic E-state index is -3.46. The number of nitrogens with two attached hydrogens (primary N) is 1. The fraction of sp³-hybridized carbons (Fsp3) is 0.294. The van der Waals surface area contributed by atoms with Crippen molar-refractivity contribution in [3.8, 4) is 0 Å². The normalized spacial score (nSPS) is 11.3. The van der Waals surface area contributed by atoms with E-state index >= 15 is 0 Å². The van der Waals surface area contributed by atoms with Crippen LogP contribution in [0.15, 0.2) is 48.5 Å². The maximum atomic E-state index is 12.5. The Kier molecular flexibility index (Phi) is 7.77. The number of nitro benzene ring substituents is 2. The molecule has 0 amide bonds. The predicted molar refractivity (Wildman–Crippen MR) is 102 cm³/mol. The van der Waals surface area contributed by atoms with E-state index in [2.05, 4.69) is 0 Å². The highest BCUT2D eigenvalue weighted by molar-refractivity contribution is 7.53. The van der Waals surface area contributed by atoms with E-state index in [1.807, 2.05) is 0 Å². The molecule has 0 fully saturated rings. The van der Waals surface area contributed by atoms with Gasteiger partial charge in [-0.3, -0.25) is 24.8 Å². The monoisotopic (exact) mass is 409 g/mol. The first-order chi connectivity index (χ1) is 13.3. The van der Waals surface area contributed by atoms with Gasteiger partial charge in [0.25, 0.3) is 11.4 Å². The van der Waals surface area contributed by atoms with E-state index in [1.165, 1.54) is 24.3 Å². The van der Waals surface area contributed by atoms with E-state index < -0.39 is 17.4 Å². The summed E-state index contributed by atoms with van der Waals surface area (Å²) in [6, 6.07) is 12.0. The van der Waals surface area contributed by atoms with Crippen LogP contribution in [0.2, 0.25) is 0 Å². The molecular formula is C17H20N3O7P. The molecule has 2 aromatic carbocycles. The van der Waals surface area contributed by atoms with E-state index in [9.17, 15) is 24.8 Å². The fourth-order valence-electron chi connectivity index (χ4n) is 2.32. The van der Waals surface area contributed by atoms with Gasteiger partial charge >= 0.3 is 7.60 Å². The molecule has 0 aliphatic rings. The number of nitrogens with zero attached hydrogens (tertiary/aromatic N) is 2. The molecule has 0 spiro atoms. The van der Waals surface area contributed by atoms with E-state index in [0.717, 1.165) is 11.1 Å². The van der Waals surface area contributed by atoms with Crippen LogP contribution in [0.3, 0.4) is 0 Å². The van der Waals surface area contributed by atoms with Crippen LogP contribution in [0.25, 0.3) is 0 Å². The van der Waals surface area contributed by atoms with Crippen molar-refractivity contribution in [2.24, 2.45) is 5.73 Å². The van der Waals surface area contributed by atoms with Crippen LogP contribution in [0.4, 0.5) is 11.4 Å². The van der Waals surface area contributed by atoms with Crippen molar-refractivity contribution in [3.63, 3.8) is 0 Å². The molecule has 2 rings (SSSR count). The first kappa shape index (κ1) is 21.6. The smallest absolute Gasteiger partial charge is 0.320 e. The predicted octanol–water partition coefficient (Wildman–Crippen LogP) is 3.43. The van der Waals surface area contributed by atoms with E-state index in [0.29, 0.717) is 12.8 Å². The Labute approximate surface area is 161 Å². The first-order valence-corrected chi connectivity index (χ1v) is 10.1. The van der Waals surface area contributed by atoms with Crippen molar-refractivity contribution >= 4 is 19.0 Å². The quantitative estimate of drug-likeness (QED) is 0.337. The van der Waals surface area contributed by atoms with Crippen LogP contribution >= 0.6 is 7.60 Å². The van der Waals surface area contributed by atoms with Gasteiger partial charge in [-0.1, -0.05) is 24.3 Å². The molecule has 0 aromatic heterocycles. The Morgan fingerprint density at radius 1 is 0.786 bits per heavy atom. The Hall–Kier alpha value is -2.65. The minimum absolute atomic E-state index is 0.00752. The number of nitro groups is 2. The lowest BCUT2D eigenvalue weighted by molar-refractivity contribution is -0.385. The maximum absolute atomic E-state index is 12.5. The number of rotatable bonds is 11. The molecule has 0 unspecified atom stereocenters. The Morgan fingerprint density at radius 2 is 1.14 bits per heavy atom. The minimum Gasteiger partial charge on any atom is -0.320 e. The molecular weight excluding hydrogens is 389 g/mol. The zero-order chi connectivity index (χ0) is 20.6. The van der Waals surface area contributed by atoms with Crippen LogP contribution in [0, 0.1) is 20.2 Å². The lowest BCUT2D eigenvalue weighted by Gasteiger charge is -2.17. The van der Waals surface area contributed by atoms with Crippen molar-refractivity contribution in [3.05, 3.63) is 79.9 Å². The highest BCUT2D eigenvalue weighted by Gasteiger charge is 2.22. The number of hydrogen-bond acceptors (Lipinski definition) is 8. The van der Waals surface area contributed by atoms with Gasteiger partial charge in [0.05, 0.1) is 29.3 Å². The summed E-state index contributed by atoms with van der Waals surface area (Å²) in [5.41, 5.74) is 7.08. The lowest BCUT2D eigenvalue weighted by Crippen LogP contribution is -2.10. The third-order valence-corrected chi connectivity index (χ3v) is 5.47. The van der Waals surface area contributed by atoms with Crippen LogP contribution in [0.1, 0.15) is 11.1 Å². The van der Waals surface area contributed by atoms with Gasteiger partial charge in [0.2, 0.25) is 0 Å². The van der Waals surface area contributed by atoms with Crippen molar-refractivity contribution in [1.29, 1.82) is 0 Å². The van der Waals surface area contributed by atoms with Crippen molar-refractivity contribution in [1.82, 2.24) is 0 Å².